The van der Waals surface area contributed by atoms with Crippen LogP contribution in [0.3, 0.4) is 0 Å². The first-order valence-corrected chi connectivity index (χ1v) is 5.78. The molecule has 0 amide bonds. The van der Waals surface area contributed by atoms with Crippen molar-refractivity contribution in [1.29, 1.82) is 0 Å². The fourth-order valence-corrected chi connectivity index (χ4v) is 1.36. The Bertz CT molecular complexity index is 447. The molecule has 1 rings (SSSR count). The molecular weight excluding hydrogens is 252 g/mol. The van der Waals surface area contributed by atoms with Crippen molar-refractivity contribution in [3.8, 4) is 0 Å². The molecule has 0 N–H and O–H groups in total. The minimum atomic E-state index is -0.301. The van der Waals surface area contributed by atoms with E-state index < -0.39 is 0 Å². The lowest BCUT2D eigenvalue weighted by Gasteiger charge is -2.00. The maximum Gasteiger partial charge on any atom is 0.309 e. The zero-order valence-corrected chi connectivity index (χ0v) is 11.1. The van der Waals surface area contributed by atoms with Crippen molar-refractivity contribution in [3.05, 3.63) is 52.8 Å². The molecule has 0 bridgehead atoms. The number of carbonyl (C=O) groups excluding carboxylic acids is 1. The summed E-state index contributed by atoms with van der Waals surface area (Å²) in [5.74, 6) is 0.305. The molecule has 0 unspecified atom stereocenters. The van der Waals surface area contributed by atoms with Gasteiger partial charge in [-0.05, 0) is 29.8 Å². The molecule has 1 aromatic rings. The molecule has 0 aliphatic heterocycles. The molecule has 0 aliphatic rings. The van der Waals surface area contributed by atoms with Gasteiger partial charge in [0.05, 0.1) is 20.6 Å². The lowest BCUT2D eigenvalue weighted by atomic mass is 10.2. The number of hydrogen-bond donors (Lipinski definition) is 0. The zero-order chi connectivity index (χ0) is 13.4. The van der Waals surface area contributed by atoms with E-state index in [-0.39, 0.29) is 12.4 Å². The van der Waals surface area contributed by atoms with Gasteiger partial charge in [-0.15, -0.1) is 0 Å². The summed E-state index contributed by atoms with van der Waals surface area (Å²) in [6.07, 6.45) is 5.51. The maximum atomic E-state index is 11.0. The van der Waals surface area contributed by atoms with Crippen molar-refractivity contribution in [3.63, 3.8) is 0 Å². The summed E-state index contributed by atoms with van der Waals surface area (Å²) >= 11 is 5.79. The van der Waals surface area contributed by atoms with Gasteiger partial charge in [-0.2, -0.15) is 0 Å². The second-order valence-corrected chi connectivity index (χ2v) is 3.91. The molecule has 0 spiro atoms. The summed E-state index contributed by atoms with van der Waals surface area (Å²) in [5, 5.41) is 0.695. The highest BCUT2D eigenvalue weighted by Gasteiger charge is 1.98. The Morgan fingerprint density at radius 1 is 1.22 bits per heavy atom. The first-order chi connectivity index (χ1) is 8.65. The van der Waals surface area contributed by atoms with Crippen LogP contribution in [0.2, 0.25) is 5.02 Å². The monoisotopic (exact) mass is 266 g/mol. The molecule has 3 nitrogen and oxygen atoms in total. The molecule has 0 heterocycles. The standard InChI is InChI=1S/C14H15ClO3/c1-17-13(9-10-14(16)18-2)8-5-11-3-6-12(15)7-4-11/h3-9H,10H2,1-2H3. The van der Waals surface area contributed by atoms with Crippen LogP contribution in [0.15, 0.2) is 42.2 Å². The average molecular weight is 267 g/mol. The first-order valence-electron chi connectivity index (χ1n) is 5.40. The Morgan fingerprint density at radius 3 is 2.44 bits per heavy atom. The van der Waals surface area contributed by atoms with Gasteiger partial charge in [0, 0.05) is 5.02 Å². The van der Waals surface area contributed by atoms with Crippen LogP contribution in [0.5, 0.6) is 0 Å². The summed E-state index contributed by atoms with van der Waals surface area (Å²) < 4.78 is 9.67. The number of benzene rings is 1. The van der Waals surface area contributed by atoms with Crippen molar-refractivity contribution in [2.45, 2.75) is 6.42 Å². The van der Waals surface area contributed by atoms with Crippen molar-refractivity contribution in [2.75, 3.05) is 14.2 Å². The van der Waals surface area contributed by atoms with Gasteiger partial charge in [0.15, 0.2) is 0 Å². The molecule has 0 radical (unpaired) electrons. The normalized spacial score (nSPS) is 11.6. The van der Waals surface area contributed by atoms with E-state index in [9.17, 15) is 4.79 Å². The first kappa shape index (κ1) is 14.3. The highest BCUT2D eigenvalue weighted by atomic mass is 35.5. The van der Waals surface area contributed by atoms with E-state index >= 15 is 0 Å². The van der Waals surface area contributed by atoms with E-state index in [2.05, 4.69) is 4.74 Å². The maximum absolute atomic E-state index is 11.0. The molecule has 0 saturated heterocycles. The van der Waals surface area contributed by atoms with Crippen molar-refractivity contribution >= 4 is 23.6 Å². The van der Waals surface area contributed by atoms with Gasteiger partial charge in [0.1, 0.15) is 5.76 Å². The van der Waals surface area contributed by atoms with Crippen LogP contribution in [0.4, 0.5) is 0 Å². The minimum Gasteiger partial charge on any atom is -0.497 e. The van der Waals surface area contributed by atoms with Crippen LogP contribution in [0, 0.1) is 0 Å². The topological polar surface area (TPSA) is 35.5 Å². The Morgan fingerprint density at radius 2 is 1.89 bits per heavy atom. The molecule has 0 aromatic heterocycles. The number of carbonyl (C=O) groups is 1. The van der Waals surface area contributed by atoms with Gasteiger partial charge in [0.25, 0.3) is 0 Å². The quantitative estimate of drug-likeness (QED) is 0.465. The number of rotatable bonds is 5. The van der Waals surface area contributed by atoms with Crippen LogP contribution >= 0.6 is 11.6 Å². The van der Waals surface area contributed by atoms with Crippen molar-refractivity contribution in [2.24, 2.45) is 0 Å². The molecular formula is C14H15ClO3. The van der Waals surface area contributed by atoms with Crippen LogP contribution in [-0.2, 0) is 14.3 Å². The van der Waals surface area contributed by atoms with Gasteiger partial charge in [-0.3, -0.25) is 4.79 Å². The van der Waals surface area contributed by atoms with E-state index in [1.165, 1.54) is 7.11 Å². The van der Waals surface area contributed by atoms with Crippen LogP contribution in [-0.4, -0.2) is 20.2 Å². The third-order valence-electron chi connectivity index (χ3n) is 2.24. The van der Waals surface area contributed by atoms with Crippen LogP contribution < -0.4 is 0 Å². The largest absolute Gasteiger partial charge is 0.497 e. The highest BCUT2D eigenvalue weighted by Crippen LogP contribution is 2.12. The predicted molar refractivity (Wildman–Crippen MR) is 72.2 cm³/mol. The number of hydrogen-bond acceptors (Lipinski definition) is 3. The van der Waals surface area contributed by atoms with Gasteiger partial charge in [0.2, 0.25) is 0 Å². The zero-order valence-electron chi connectivity index (χ0n) is 10.4. The number of ether oxygens (including phenoxy) is 2. The molecule has 18 heavy (non-hydrogen) atoms. The molecule has 4 heteroatoms. The number of esters is 1. The van der Waals surface area contributed by atoms with Gasteiger partial charge >= 0.3 is 5.97 Å². The van der Waals surface area contributed by atoms with Crippen LogP contribution in [0.1, 0.15) is 12.0 Å². The average Bonchev–Trinajstić information content (AvgIpc) is 2.40. The summed E-state index contributed by atoms with van der Waals surface area (Å²) in [4.78, 5) is 11.0. The second-order valence-electron chi connectivity index (χ2n) is 3.48. The van der Waals surface area contributed by atoms with E-state index in [0.29, 0.717) is 10.8 Å². The smallest absolute Gasteiger partial charge is 0.309 e. The second kappa shape index (κ2) is 7.56. The van der Waals surface area contributed by atoms with Crippen molar-refractivity contribution < 1.29 is 14.3 Å². The lowest BCUT2D eigenvalue weighted by Crippen LogP contribution is -1.98. The molecule has 0 saturated carbocycles. The summed E-state index contributed by atoms with van der Waals surface area (Å²) in [6, 6.07) is 7.41. The van der Waals surface area contributed by atoms with E-state index in [4.69, 9.17) is 16.3 Å². The Labute approximate surface area is 112 Å². The van der Waals surface area contributed by atoms with E-state index in [0.717, 1.165) is 5.56 Å². The Balaban J connectivity index is 2.67. The summed E-state index contributed by atoms with van der Waals surface area (Å²) in [7, 11) is 2.90. The third-order valence-corrected chi connectivity index (χ3v) is 2.50. The fraction of sp³-hybridized carbons (Fsp3) is 0.214. The SMILES string of the molecule is COC(=O)CC=C(C=Cc1ccc(Cl)cc1)OC. The molecule has 96 valence electrons. The van der Waals surface area contributed by atoms with Crippen LogP contribution in [0.25, 0.3) is 6.08 Å². The number of allylic oxidation sites excluding steroid dienone is 1. The Kier molecular flexibility index (Phi) is 6.01. The number of halogens is 1. The molecule has 1 aromatic carbocycles. The molecule has 0 fully saturated rings. The predicted octanol–water partition coefficient (Wildman–Crippen LogP) is 3.45. The van der Waals surface area contributed by atoms with Crippen molar-refractivity contribution in [1.82, 2.24) is 0 Å². The van der Waals surface area contributed by atoms with Gasteiger partial charge in [-0.1, -0.05) is 29.8 Å². The number of methoxy groups -OCH3 is 2. The fourth-order valence-electron chi connectivity index (χ4n) is 1.24. The highest BCUT2D eigenvalue weighted by molar-refractivity contribution is 6.30. The third kappa shape index (κ3) is 5.06. The van der Waals surface area contributed by atoms with Gasteiger partial charge < -0.3 is 9.47 Å². The molecule has 0 aliphatic carbocycles. The van der Waals surface area contributed by atoms with E-state index in [1.54, 1.807) is 19.3 Å². The van der Waals surface area contributed by atoms with E-state index in [1.807, 2.05) is 30.3 Å². The summed E-state index contributed by atoms with van der Waals surface area (Å²) in [6.45, 7) is 0. The lowest BCUT2D eigenvalue weighted by molar-refractivity contribution is -0.139. The molecule has 0 atom stereocenters. The van der Waals surface area contributed by atoms with Gasteiger partial charge in [-0.25, -0.2) is 0 Å². The summed E-state index contributed by atoms with van der Waals surface area (Å²) in [5.41, 5.74) is 1.00. The Hall–Kier alpha value is -1.74. The minimum absolute atomic E-state index is 0.185.